The Bertz CT molecular complexity index is 261. The van der Waals surface area contributed by atoms with E-state index in [1.165, 1.54) is 0 Å². The molecule has 0 aliphatic rings. The Labute approximate surface area is 64.8 Å². The maximum atomic E-state index is 8.38. The summed E-state index contributed by atoms with van der Waals surface area (Å²) in [6.07, 6.45) is 1.89. The first kappa shape index (κ1) is 7.61. The number of hydrogen-bond donors (Lipinski definition) is 1. The fourth-order valence-corrected chi connectivity index (χ4v) is 0.787. The molecule has 0 fully saturated rings. The molecule has 1 rings (SSSR count). The van der Waals surface area contributed by atoms with Gasteiger partial charge < -0.3 is 4.74 Å². The molecule has 11 heavy (non-hydrogen) atoms. The van der Waals surface area contributed by atoms with Gasteiger partial charge in [-0.25, -0.2) is 0 Å². The average Bonchev–Trinajstić information content (AvgIpc) is 2.39. The number of aromatic nitrogens is 2. The first-order valence-corrected chi connectivity index (χ1v) is 3.40. The van der Waals surface area contributed by atoms with Gasteiger partial charge in [-0.15, -0.1) is 0 Å². The Hall–Kier alpha value is -1.50. The Morgan fingerprint density at radius 2 is 2.64 bits per heavy atom. The number of hydrogen-bond acceptors (Lipinski definition) is 3. The second kappa shape index (κ2) is 3.62. The summed E-state index contributed by atoms with van der Waals surface area (Å²) in [7, 11) is 0. The molecule has 1 heterocycles. The Balaban J connectivity index is 2.71. The van der Waals surface area contributed by atoms with E-state index in [2.05, 4.69) is 10.2 Å². The molecule has 0 bridgehead atoms. The molecule has 0 aliphatic heterocycles. The minimum absolute atomic E-state index is 0.315. The van der Waals surface area contributed by atoms with Crippen molar-refractivity contribution in [3.05, 3.63) is 11.9 Å². The minimum Gasteiger partial charge on any atom is -0.490 e. The molecular formula is C7H9N3O. The summed E-state index contributed by atoms with van der Waals surface area (Å²) in [5.41, 5.74) is 0.745. The van der Waals surface area contributed by atoms with Gasteiger partial charge in [-0.2, -0.15) is 10.4 Å². The second-order valence-corrected chi connectivity index (χ2v) is 1.98. The van der Waals surface area contributed by atoms with E-state index in [0.717, 1.165) is 5.69 Å². The van der Waals surface area contributed by atoms with E-state index in [4.69, 9.17) is 10.00 Å². The summed E-state index contributed by atoms with van der Waals surface area (Å²) in [6.45, 7) is 2.49. The van der Waals surface area contributed by atoms with E-state index in [9.17, 15) is 0 Å². The minimum atomic E-state index is 0.315. The number of rotatable bonds is 3. The summed E-state index contributed by atoms with van der Waals surface area (Å²) in [5.74, 6) is 0.675. The van der Waals surface area contributed by atoms with Gasteiger partial charge in [0.2, 0.25) is 0 Å². The van der Waals surface area contributed by atoms with E-state index >= 15 is 0 Å². The first-order valence-electron chi connectivity index (χ1n) is 3.40. The van der Waals surface area contributed by atoms with Crippen LogP contribution in [0.15, 0.2) is 6.20 Å². The lowest BCUT2D eigenvalue weighted by molar-refractivity contribution is 0.337. The third-order valence-electron chi connectivity index (χ3n) is 1.23. The lowest BCUT2D eigenvalue weighted by Crippen LogP contribution is -1.93. The third-order valence-corrected chi connectivity index (χ3v) is 1.23. The molecule has 0 radical (unpaired) electrons. The van der Waals surface area contributed by atoms with Crippen LogP contribution in [0.4, 0.5) is 0 Å². The van der Waals surface area contributed by atoms with Crippen molar-refractivity contribution in [2.75, 3.05) is 6.61 Å². The quantitative estimate of drug-likeness (QED) is 0.697. The molecule has 4 heteroatoms. The van der Waals surface area contributed by atoms with Crippen LogP contribution < -0.4 is 4.74 Å². The summed E-state index contributed by atoms with van der Waals surface area (Å²) < 4.78 is 5.18. The first-order chi connectivity index (χ1) is 5.38. The SMILES string of the molecule is CCOc1cn[nH]c1CC#N. The van der Waals surface area contributed by atoms with E-state index in [0.29, 0.717) is 18.8 Å². The Kier molecular flexibility index (Phi) is 2.50. The van der Waals surface area contributed by atoms with Crippen LogP contribution in [0.2, 0.25) is 0 Å². The molecule has 1 aromatic heterocycles. The average molecular weight is 151 g/mol. The van der Waals surface area contributed by atoms with Crippen molar-refractivity contribution in [1.29, 1.82) is 5.26 Å². The van der Waals surface area contributed by atoms with Gasteiger partial charge in [0, 0.05) is 0 Å². The van der Waals surface area contributed by atoms with Gasteiger partial charge >= 0.3 is 0 Å². The molecule has 58 valence electrons. The normalized spacial score (nSPS) is 9.09. The van der Waals surface area contributed by atoms with Crippen LogP contribution in [0.3, 0.4) is 0 Å². The van der Waals surface area contributed by atoms with Crippen LogP contribution in [-0.2, 0) is 6.42 Å². The van der Waals surface area contributed by atoms with Gasteiger partial charge in [-0.05, 0) is 6.92 Å². The van der Waals surface area contributed by atoms with Crippen molar-refractivity contribution in [1.82, 2.24) is 10.2 Å². The maximum absolute atomic E-state index is 8.38. The number of nitriles is 1. The smallest absolute Gasteiger partial charge is 0.161 e. The molecule has 0 atom stereocenters. The summed E-state index contributed by atoms with van der Waals surface area (Å²) in [6, 6.07) is 2.02. The fraction of sp³-hybridized carbons (Fsp3) is 0.429. The Morgan fingerprint density at radius 3 is 3.27 bits per heavy atom. The lowest BCUT2D eigenvalue weighted by Gasteiger charge is -1.98. The molecular weight excluding hydrogens is 142 g/mol. The number of ether oxygens (including phenoxy) is 1. The van der Waals surface area contributed by atoms with Crippen molar-refractivity contribution in [2.24, 2.45) is 0 Å². The highest BCUT2D eigenvalue weighted by Crippen LogP contribution is 2.14. The molecule has 1 N–H and O–H groups in total. The summed E-state index contributed by atoms with van der Waals surface area (Å²) in [5, 5.41) is 14.8. The predicted molar refractivity (Wildman–Crippen MR) is 39.1 cm³/mol. The number of aromatic amines is 1. The number of H-pyrrole nitrogens is 1. The van der Waals surface area contributed by atoms with Crippen molar-refractivity contribution in [3.63, 3.8) is 0 Å². The zero-order valence-corrected chi connectivity index (χ0v) is 6.29. The van der Waals surface area contributed by atoms with Crippen molar-refractivity contribution < 1.29 is 4.74 Å². The lowest BCUT2D eigenvalue weighted by atomic mass is 10.3. The molecule has 0 saturated carbocycles. The van der Waals surface area contributed by atoms with Crippen molar-refractivity contribution in [3.8, 4) is 11.8 Å². The molecule has 0 amide bonds. The molecule has 1 aromatic rings. The van der Waals surface area contributed by atoms with Crippen LogP contribution in [0.5, 0.6) is 5.75 Å². The molecule has 4 nitrogen and oxygen atoms in total. The molecule has 0 aromatic carbocycles. The predicted octanol–water partition coefficient (Wildman–Crippen LogP) is 0.874. The maximum Gasteiger partial charge on any atom is 0.161 e. The van der Waals surface area contributed by atoms with Gasteiger partial charge in [-0.3, -0.25) is 5.10 Å². The van der Waals surface area contributed by atoms with E-state index in [1.807, 2.05) is 13.0 Å². The van der Waals surface area contributed by atoms with Crippen LogP contribution in [0.1, 0.15) is 12.6 Å². The second-order valence-electron chi connectivity index (χ2n) is 1.98. The summed E-state index contributed by atoms with van der Waals surface area (Å²) in [4.78, 5) is 0. The third kappa shape index (κ3) is 1.71. The summed E-state index contributed by atoms with van der Waals surface area (Å²) >= 11 is 0. The highest BCUT2D eigenvalue weighted by molar-refractivity contribution is 5.25. The van der Waals surface area contributed by atoms with Gasteiger partial charge in [0.15, 0.2) is 5.75 Å². The van der Waals surface area contributed by atoms with Gasteiger partial charge in [0.1, 0.15) is 0 Å². The molecule has 0 aliphatic carbocycles. The monoisotopic (exact) mass is 151 g/mol. The largest absolute Gasteiger partial charge is 0.490 e. The standard InChI is InChI=1S/C7H9N3O/c1-2-11-7-5-9-10-6(7)3-4-8/h5H,2-3H2,1H3,(H,9,10). The van der Waals surface area contributed by atoms with Gasteiger partial charge in [0.05, 0.1) is 31.0 Å². The van der Waals surface area contributed by atoms with Gasteiger partial charge in [0.25, 0.3) is 0 Å². The van der Waals surface area contributed by atoms with Crippen molar-refractivity contribution in [2.45, 2.75) is 13.3 Å². The topological polar surface area (TPSA) is 61.7 Å². The van der Waals surface area contributed by atoms with Crippen LogP contribution in [0, 0.1) is 11.3 Å². The van der Waals surface area contributed by atoms with Gasteiger partial charge in [-0.1, -0.05) is 0 Å². The van der Waals surface area contributed by atoms with E-state index < -0.39 is 0 Å². The molecule has 0 spiro atoms. The fourth-order valence-electron chi connectivity index (χ4n) is 0.787. The molecule has 0 saturated heterocycles. The van der Waals surface area contributed by atoms with E-state index in [-0.39, 0.29) is 0 Å². The zero-order valence-electron chi connectivity index (χ0n) is 6.29. The van der Waals surface area contributed by atoms with E-state index in [1.54, 1.807) is 6.20 Å². The number of nitrogens with zero attached hydrogens (tertiary/aromatic N) is 2. The highest BCUT2D eigenvalue weighted by Gasteiger charge is 2.03. The Morgan fingerprint density at radius 1 is 1.82 bits per heavy atom. The highest BCUT2D eigenvalue weighted by atomic mass is 16.5. The van der Waals surface area contributed by atoms with Crippen LogP contribution in [-0.4, -0.2) is 16.8 Å². The molecule has 0 unspecified atom stereocenters. The van der Waals surface area contributed by atoms with Crippen LogP contribution in [0.25, 0.3) is 0 Å². The van der Waals surface area contributed by atoms with Crippen LogP contribution >= 0.6 is 0 Å². The van der Waals surface area contributed by atoms with Crippen molar-refractivity contribution >= 4 is 0 Å². The zero-order chi connectivity index (χ0) is 8.10. The number of nitrogens with one attached hydrogen (secondary N) is 1.